The Bertz CT molecular complexity index is 4490. The quantitative estimate of drug-likeness (QED) is 0.0672. The predicted octanol–water partition coefficient (Wildman–Crippen LogP) is -10.6. The van der Waals surface area contributed by atoms with Crippen LogP contribution in [0, 0.1) is 0 Å². The molecule has 0 saturated carbocycles. The third kappa shape index (κ3) is 15.6. The maximum Gasteiger partial charge on any atom is 0.330 e. The molecule has 0 spiro atoms. The number of rotatable bonds is 8. The molecule has 0 aliphatic carbocycles. The van der Waals surface area contributed by atoms with Crippen molar-refractivity contribution in [3.8, 4) is 0 Å². The van der Waals surface area contributed by atoms with Gasteiger partial charge in [0.25, 0.3) is 16.7 Å². The molecule has 532 valence electrons. The first-order chi connectivity index (χ1) is 45.7. The SMILES string of the molecule is C.C.NC1[C@@H](O)[C@@H](CO)O[C@H]1n1ccc(=O)[nH]c1=O.Nc1nc(N)c2[nH]cnc2n1.Nc1nc(N)c2ncn([C@@H]3O[C@H](CO)[C@H](O)C3N)c2n1.Nc1nc(N)c2ncn([C@@H]3O[C@H](CO)[C@H](O)C3N)c2n1.Nc1nc2c(ncn2[C@@H]2O[C@H](CO)[C@H](O)C2N)c(=O)[nH]1.O=c1cc[nH]c(=O)[nH]1. The third-order valence-electron chi connectivity index (χ3n) is 14.7. The summed E-state index contributed by atoms with van der Waals surface area (Å²) in [5.74, 6) is 0.710. The number of H-pyrrole nitrogens is 5. The van der Waals surface area contributed by atoms with Gasteiger partial charge >= 0.3 is 11.4 Å². The van der Waals surface area contributed by atoms with Crippen LogP contribution in [-0.4, -0.2) is 238 Å². The highest BCUT2D eigenvalue weighted by atomic mass is 16.6. The van der Waals surface area contributed by atoms with Gasteiger partial charge in [-0.1, -0.05) is 14.9 Å². The Kier molecular flexibility index (Phi) is 24.0. The molecule has 0 bridgehead atoms. The summed E-state index contributed by atoms with van der Waals surface area (Å²) in [5, 5.41) is 75.6. The number of fused-ring (bicyclic) bond motifs is 4. The minimum atomic E-state index is -1.07. The average Bonchev–Trinajstić information content (AvgIpc) is 1.63. The molecule has 0 amide bonds. The van der Waals surface area contributed by atoms with Crippen LogP contribution in [0.15, 0.2) is 73.8 Å². The zero-order valence-electron chi connectivity index (χ0n) is 49.5. The lowest BCUT2D eigenvalue weighted by Crippen LogP contribution is -2.42. The smallest absolute Gasteiger partial charge is 0.330 e. The number of anilines is 7. The molecule has 4 unspecified atom stereocenters. The lowest BCUT2D eigenvalue weighted by molar-refractivity contribution is -0.0465. The van der Waals surface area contributed by atoms with E-state index in [-0.39, 0.29) is 86.8 Å². The number of hydrogen-bond acceptors (Lipinski definition) is 39. The van der Waals surface area contributed by atoms with Crippen molar-refractivity contribution >= 4 is 85.9 Å². The molecule has 98 heavy (non-hydrogen) atoms. The first kappa shape index (κ1) is 74.7. The molecular weight excluding hydrogens is 1310 g/mol. The number of aliphatic hydroxyl groups excluding tert-OH is 8. The topological polar surface area (TPSA) is 811 Å². The summed E-state index contributed by atoms with van der Waals surface area (Å²) in [5.41, 5.74) is 62.6. The van der Waals surface area contributed by atoms with Gasteiger partial charge < -0.3 is 133 Å². The minimum Gasteiger partial charge on any atom is -0.394 e. The van der Waals surface area contributed by atoms with Crippen LogP contribution in [0.2, 0.25) is 0 Å². The lowest BCUT2D eigenvalue weighted by atomic mass is 10.1. The van der Waals surface area contributed by atoms with Crippen LogP contribution in [-0.2, 0) is 18.9 Å². The molecule has 0 radical (unpaired) electrons. The molecule has 10 aromatic heterocycles. The number of imidazole rings is 4. The average molecular weight is 1380 g/mol. The van der Waals surface area contributed by atoms with Crippen molar-refractivity contribution in [2.75, 3.05) is 66.6 Å². The highest BCUT2D eigenvalue weighted by Crippen LogP contribution is 2.34. The second kappa shape index (κ2) is 31.5. The number of nitrogens with one attached hydrogen (secondary N) is 5. The number of nitrogen functional groups attached to an aromatic ring is 7. The molecule has 48 heteroatoms. The first-order valence-electron chi connectivity index (χ1n) is 28.0. The summed E-state index contributed by atoms with van der Waals surface area (Å²) in [6, 6.07) is -0.719. The second-order valence-electron chi connectivity index (χ2n) is 21.0. The molecular formula is C50H75N31O17. The summed E-state index contributed by atoms with van der Waals surface area (Å²) in [6.07, 6.45) is -2.14. The van der Waals surface area contributed by atoms with E-state index in [1.165, 1.54) is 57.5 Å². The van der Waals surface area contributed by atoms with Crippen LogP contribution in [0.3, 0.4) is 0 Å². The second-order valence-corrected chi connectivity index (χ2v) is 21.0. The summed E-state index contributed by atoms with van der Waals surface area (Å²) < 4.78 is 27.3. The molecule has 35 N–H and O–H groups in total. The van der Waals surface area contributed by atoms with Gasteiger partial charge in [0.15, 0.2) is 70.5 Å². The number of aliphatic hydroxyl groups is 8. The van der Waals surface area contributed by atoms with Crippen LogP contribution in [0.4, 0.5) is 41.2 Å². The highest BCUT2D eigenvalue weighted by molar-refractivity contribution is 5.84. The van der Waals surface area contributed by atoms with Gasteiger partial charge in [-0.3, -0.25) is 47.6 Å². The number of hydrogen-bond donors (Lipinski definition) is 24. The monoisotopic (exact) mass is 1380 g/mol. The maximum atomic E-state index is 11.7. The maximum absolute atomic E-state index is 11.7. The predicted molar refractivity (Wildman–Crippen MR) is 344 cm³/mol. The molecule has 4 aliphatic heterocycles. The van der Waals surface area contributed by atoms with E-state index in [1.54, 1.807) is 0 Å². The van der Waals surface area contributed by atoms with E-state index in [0.29, 0.717) is 39.3 Å². The number of ether oxygens (including phenoxy) is 4. The molecule has 14 rings (SSSR count). The normalized spacial score (nSPS) is 26.1. The highest BCUT2D eigenvalue weighted by Gasteiger charge is 2.46. The third-order valence-corrected chi connectivity index (χ3v) is 14.7. The summed E-state index contributed by atoms with van der Waals surface area (Å²) in [6.45, 7) is -1.44. The van der Waals surface area contributed by atoms with Gasteiger partial charge in [-0.2, -0.15) is 34.9 Å². The van der Waals surface area contributed by atoms with Crippen LogP contribution < -0.4 is 91.1 Å². The molecule has 48 nitrogen and oxygen atoms in total. The molecule has 10 aromatic rings. The van der Waals surface area contributed by atoms with E-state index in [1.807, 2.05) is 4.98 Å². The molecule has 0 aromatic carbocycles. The number of aromatic amines is 5. The summed E-state index contributed by atoms with van der Waals surface area (Å²) in [4.78, 5) is 109. The zero-order chi connectivity index (χ0) is 69.7. The first-order valence-corrected chi connectivity index (χ1v) is 28.0. The van der Waals surface area contributed by atoms with Crippen molar-refractivity contribution in [3.63, 3.8) is 0 Å². The van der Waals surface area contributed by atoms with Crippen molar-refractivity contribution in [2.24, 2.45) is 22.9 Å². The molecule has 4 saturated heterocycles. The van der Waals surface area contributed by atoms with Gasteiger partial charge in [0.05, 0.1) is 75.9 Å². The largest absolute Gasteiger partial charge is 0.394 e. The van der Waals surface area contributed by atoms with Crippen molar-refractivity contribution in [1.82, 2.24) is 98.0 Å². The van der Waals surface area contributed by atoms with Gasteiger partial charge in [-0.25, -0.2) is 29.5 Å². The Hall–Kier alpha value is -10.7. The van der Waals surface area contributed by atoms with E-state index in [2.05, 4.69) is 74.8 Å². The summed E-state index contributed by atoms with van der Waals surface area (Å²) >= 11 is 0. The van der Waals surface area contributed by atoms with E-state index in [4.69, 9.17) is 102 Å². The van der Waals surface area contributed by atoms with Gasteiger partial charge in [-0.05, 0) is 0 Å². The minimum absolute atomic E-state index is 0. The molecule has 14 heterocycles. The van der Waals surface area contributed by atoms with Crippen molar-refractivity contribution < 1.29 is 59.8 Å². The summed E-state index contributed by atoms with van der Waals surface area (Å²) in [7, 11) is 0. The van der Waals surface area contributed by atoms with Gasteiger partial charge in [0.2, 0.25) is 23.8 Å². The molecule has 4 fully saturated rings. The fraction of sp³-hybridized carbons (Fsp3) is 0.440. The van der Waals surface area contributed by atoms with Gasteiger partial charge in [-0.15, -0.1) is 0 Å². The fourth-order valence-corrected chi connectivity index (χ4v) is 9.97. The van der Waals surface area contributed by atoms with E-state index in [0.717, 1.165) is 10.6 Å². The van der Waals surface area contributed by atoms with E-state index < -0.39 is 127 Å². The number of aromatic nitrogens is 20. The lowest BCUT2D eigenvalue weighted by Gasteiger charge is -2.17. The van der Waals surface area contributed by atoms with Crippen molar-refractivity contribution in [3.05, 3.63) is 102 Å². The fourth-order valence-electron chi connectivity index (χ4n) is 9.97. The van der Waals surface area contributed by atoms with E-state index >= 15 is 0 Å². The Morgan fingerprint density at radius 1 is 0.449 bits per heavy atom. The van der Waals surface area contributed by atoms with Crippen LogP contribution in [0.1, 0.15) is 39.8 Å². The van der Waals surface area contributed by atoms with Crippen LogP contribution in [0.5, 0.6) is 0 Å². The Labute approximate surface area is 546 Å². The van der Waals surface area contributed by atoms with E-state index in [9.17, 15) is 44.4 Å². The number of nitrogens with two attached hydrogens (primary N) is 11. The van der Waals surface area contributed by atoms with Gasteiger partial charge in [0.1, 0.15) is 65.4 Å². The standard InChI is InChI=1S/2C10H15N7O3.C10H14N6O4.C9H13N3O5.C5H6N6.C4H4N2O2.2CH4/c2*11-4-6(19)3(1-18)20-9(4)17-2-14-5-7(12)15-10(13)16-8(5)17;11-4-6(18)3(1-17)20-9(4)16-2-13-5-7(16)14-10(12)15-8(5)19;10-6-7(15)4(3-13)17-8(6)12-2-1-5(14)11-9(12)16;6-3-2-4(9-1-8-2)11-5(7)10-3;7-3-1-2-5-4(8)6-3;;/h2*2-4,6,9,18-19H,1,11H2,(H4,12,13,15,16);2-4,6,9,17-18H,1,11H2,(H3,12,14,15,19);1-2,4,6-8,13,15H,3,10H2,(H,11,14,16);1H,(H5,6,7,8,9,10,11);1-2H,(H2,5,6,7,8);2*1H4/t3*3-,4?,6+,9-;4-,6?,7+,8-;;;;/m1111..../s1. The van der Waals surface area contributed by atoms with Crippen LogP contribution >= 0.6 is 0 Å². The van der Waals surface area contributed by atoms with Crippen molar-refractivity contribution in [1.29, 1.82) is 0 Å². The Morgan fingerprint density at radius 3 is 1.22 bits per heavy atom. The Balaban J connectivity index is 0.000000168. The van der Waals surface area contributed by atoms with Crippen LogP contribution in [0.25, 0.3) is 44.7 Å². The zero-order valence-corrected chi connectivity index (χ0v) is 49.5. The molecule has 16 atom stereocenters. The Morgan fingerprint density at radius 2 is 0.837 bits per heavy atom. The molecule has 4 aliphatic rings. The van der Waals surface area contributed by atoms with Gasteiger partial charge in [0, 0.05) is 24.5 Å². The number of nitrogens with zero attached hydrogens (tertiary/aromatic N) is 15. The van der Waals surface area contributed by atoms with Crippen molar-refractivity contribution in [2.45, 2.75) is 113 Å².